The predicted octanol–water partition coefficient (Wildman–Crippen LogP) is 4.24. The average Bonchev–Trinajstić information content (AvgIpc) is 3.39. The fourth-order valence-electron chi connectivity index (χ4n) is 3.60. The third-order valence-corrected chi connectivity index (χ3v) is 7.35. The Kier molecular flexibility index (Phi) is 7.99. The highest BCUT2D eigenvalue weighted by Gasteiger charge is 2.17. The van der Waals surface area contributed by atoms with Gasteiger partial charge < -0.3 is 9.64 Å². The summed E-state index contributed by atoms with van der Waals surface area (Å²) in [5.74, 6) is -0.417. The number of carbonyl (C=O) groups is 2. The Morgan fingerprint density at radius 2 is 1.91 bits per heavy atom. The molecule has 0 aliphatic rings. The number of ether oxygens (including phenoxy) is 1. The molecule has 2 aromatic carbocycles. The summed E-state index contributed by atoms with van der Waals surface area (Å²) < 4.78 is 6.42. The van der Waals surface area contributed by atoms with Crippen LogP contribution in [0.1, 0.15) is 20.8 Å². The van der Waals surface area contributed by atoms with E-state index in [4.69, 9.17) is 4.74 Å². The summed E-state index contributed by atoms with van der Waals surface area (Å²) >= 11 is 2.83. The monoisotopic (exact) mass is 507 g/mol. The van der Waals surface area contributed by atoms with Crippen LogP contribution in [0, 0.1) is 0 Å². The lowest BCUT2D eigenvalue weighted by atomic mass is 10.1. The SMILES string of the molecule is COC(=O)c1ccc2c(=O)n(CCc3ccccc3)c(SCC(=O)N(C)Cc3cccs3)nc2c1. The van der Waals surface area contributed by atoms with E-state index in [2.05, 4.69) is 4.98 Å². The average molecular weight is 508 g/mol. The minimum absolute atomic E-state index is 0.0596. The number of hydrogen-bond donors (Lipinski definition) is 0. The predicted molar refractivity (Wildman–Crippen MR) is 139 cm³/mol. The number of benzene rings is 2. The van der Waals surface area contributed by atoms with Crippen molar-refractivity contribution in [2.45, 2.75) is 24.7 Å². The van der Waals surface area contributed by atoms with Crippen molar-refractivity contribution in [2.75, 3.05) is 19.9 Å². The Balaban J connectivity index is 1.62. The lowest BCUT2D eigenvalue weighted by molar-refractivity contribution is -0.127. The number of amides is 1. The van der Waals surface area contributed by atoms with Crippen molar-refractivity contribution in [3.63, 3.8) is 0 Å². The van der Waals surface area contributed by atoms with Gasteiger partial charge in [0.1, 0.15) is 0 Å². The standard InChI is InChI=1S/C26H25N3O4S2/c1-28(16-20-9-6-14-34-20)23(30)17-35-26-27-22-15-19(25(32)33-2)10-11-21(22)24(31)29(26)13-12-18-7-4-3-5-8-18/h3-11,14-15H,12-13,16-17H2,1-2H3. The van der Waals surface area contributed by atoms with Crippen LogP contribution in [0.3, 0.4) is 0 Å². The zero-order valence-electron chi connectivity index (χ0n) is 19.5. The van der Waals surface area contributed by atoms with Crippen molar-refractivity contribution in [1.82, 2.24) is 14.5 Å². The van der Waals surface area contributed by atoms with Crippen LogP contribution in [0.4, 0.5) is 0 Å². The molecule has 0 saturated carbocycles. The number of esters is 1. The van der Waals surface area contributed by atoms with Gasteiger partial charge in [-0.1, -0.05) is 48.2 Å². The van der Waals surface area contributed by atoms with Crippen molar-refractivity contribution in [3.8, 4) is 0 Å². The maximum atomic E-state index is 13.4. The van der Waals surface area contributed by atoms with Gasteiger partial charge in [0.05, 0.1) is 35.9 Å². The Hall–Kier alpha value is -3.43. The third-order valence-electron chi connectivity index (χ3n) is 5.53. The number of methoxy groups -OCH3 is 1. The van der Waals surface area contributed by atoms with E-state index < -0.39 is 5.97 Å². The largest absolute Gasteiger partial charge is 0.465 e. The van der Waals surface area contributed by atoms with Crippen LogP contribution in [-0.4, -0.2) is 46.2 Å². The Morgan fingerprint density at radius 3 is 2.63 bits per heavy atom. The molecule has 7 nitrogen and oxygen atoms in total. The van der Waals surface area contributed by atoms with Crippen molar-refractivity contribution < 1.29 is 14.3 Å². The number of aromatic nitrogens is 2. The molecule has 4 rings (SSSR count). The van der Waals surface area contributed by atoms with E-state index in [-0.39, 0.29) is 17.2 Å². The molecule has 0 bridgehead atoms. The van der Waals surface area contributed by atoms with Gasteiger partial charge in [0.15, 0.2) is 5.16 Å². The van der Waals surface area contributed by atoms with Gasteiger partial charge in [0.2, 0.25) is 5.91 Å². The molecular weight excluding hydrogens is 482 g/mol. The van der Waals surface area contributed by atoms with Crippen LogP contribution in [0.25, 0.3) is 10.9 Å². The van der Waals surface area contributed by atoms with E-state index >= 15 is 0 Å². The molecular formula is C26H25N3O4S2. The first-order chi connectivity index (χ1) is 17.0. The summed E-state index contributed by atoms with van der Waals surface area (Å²) in [6.45, 7) is 0.956. The second-order valence-corrected chi connectivity index (χ2v) is 9.90. The molecule has 2 aromatic heterocycles. The van der Waals surface area contributed by atoms with Crippen LogP contribution >= 0.6 is 23.1 Å². The van der Waals surface area contributed by atoms with Gasteiger partial charge >= 0.3 is 5.97 Å². The molecule has 2 heterocycles. The zero-order valence-corrected chi connectivity index (χ0v) is 21.1. The fraction of sp³-hybridized carbons (Fsp3) is 0.231. The number of fused-ring (bicyclic) bond motifs is 1. The minimum Gasteiger partial charge on any atom is -0.465 e. The smallest absolute Gasteiger partial charge is 0.337 e. The quantitative estimate of drug-likeness (QED) is 0.192. The Bertz CT molecular complexity index is 1390. The molecule has 0 fully saturated rings. The first kappa shape index (κ1) is 24.7. The molecule has 0 spiro atoms. The third kappa shape index (κ3) is 5.98. The van der Waals surface area contributed by atoms with Crippen molar-refractivity contribution in [2.24, 2.45) is 0 Å². The highest BCUT2D eigenvalue weighted by molar-refractivity contribution is 7.99. The van der Waals surface area contributed by atoms with Crippen LogP contribution in [0.5, 0.6) is 0 Å². The summed E-state index contributed by atoms with van der Waals surface area (Å²) in [4.78, 5) is 45.6. The summed E-state index contributed by atoms with van der Waals surface area (Å²) in [6, 6.07) is 18.6. The van der Waals surface area contributed by atoms with Gasteiger partial charge in [-0.05, 0) is 41.6 Å². The molecule has 1 amide bonds. The summed E-state index contributed by atoms with van der Waals surface area (Å²) in [5.41, 5.74) is 1.61. The van der Waals surface area contributed by atoms with E-state index in [1.807, 2.05) is 47.8 Å². The molecule has 0 N–H and O–H groups in total. The van der Waals surface area contributed by atoms with Crippen molar-refractivity contribution in [1.29, 1.82) is 0 Å². The summed E-state index contributed by atoms with van der Waals surface area (Å²) in [6.07, 6.45) is 0.647. The van der Waals surface area contributed by atoms with Crippen LogP contribution < -0.4 is 5.56 Å². The number of nitrogens with zero attached hydrogens (tertiary/aromatic N) is 3. The number of rotatable bonds is 9. The van der Waals surface area contributed by atoms with Crippen LogP contribution in [0.15, 0.2) is 76.0 Å². The number of aryl methyl sites for hydroxylation is 1. The maximum Gasteiger partial charge on any atom is 0.337 e. The lowest BCUT2D eigenvalue weighted by Crippen LogP contribution is -2.29. The fourth-order valence-corrected chi connectivity index (χ4v) is 5.32. The van der Waals surface area contributed by atoms with Gasteiger partial charge in [0.25, 0.3) is 5.56 Å². The molecule has 0 aliphatic heterocycles. The first-order valence-electron chi connectivity index (χ1n) is 11.0. The van der Waals surface area contributed by atoms with Gasteiger partial charge in [-0.25, -0.2) is 9.78 Å². The molecule has 0 saturated heterocycles. The first-order valence-corrected chi connectivity index (χ1v) is 12.9. The Labute approximate surface area is 211 Å². The number of thiophene rings is 1. The number of thioether (sulfide) groups is 1. The molecule has 9 heteroatoms. The number of carbonyl (C=O) groups excluding carboxylic acids is 2. The van der Waals surface area contributed by atoms with Gasteiger partial charge in [-0.2, -0.15) is 0 Å². The normalized spacial score (nSPS) is 10.9. The molecule has 0 radical (unpaired) electrons. The molecule has 4 aromatic rings. The van der Waals surface area contributed by atoms with E-state index in [0.717, 1.165) is 10.4 Å². The molecule has 0 aliphatic carbocycles. The van der Waals surface area contributed by atoms with E-state index in [9.17, 15) is 14.4 Å². The summed E-state index contributed by atoms with van der Waals surface area (Å²) in [5, 5.41) is 2.84. The minimum atomic E-state index is -0.499. The Morgan fingerprint density at radius 1 is 1.11 bits per heavy atom. The van der Waals surface area contributed by atoms with E-state index in [0.29, 0.717) is 41.1 Å². The van der Waals surface area contributed by atoms with Crippen molar-refractivity contribution in [3.05, 3.63) is 92.4 Å². The number of hydrogen-bond acceptors (Lipinski definition) is 7. The van der Waals surface area contributed by atoms with Crippen LogP contribution in [-0.2, 0) is 29.0 Å². The maximum absolute atomic E-state index is 13.4. The van der Waals surface area contributed by atoms with E-state index in [1.54, 1.807) is 46.1 Å². The highest BCUT2D eigenvalue weighted by Crippen LogP contribution is 2.21. The van der Waals surface area contributed by atoms with Crippen LogP contribution in [0.2, 0.25) is 0 Å². The van der Waals surface area contributed by atoms with Gasteiger partial charge in [-0.3, -0.25) is 14.2 Å². The van der Waals surface area contributed by atoms with Gasteiger partial charge in [-0.15, -0.1) is 11.3 Å². The van der Waals surface area contributed by atoms with Gasteiger partial charge in [0, 0.05) is 18.5 Å². The zero-order chi connectivity index (χ0) is 24.8. The molecule has 35 heavy (non-hydrogen) atoms. The van der Waals surface area contributed by atoms with Crippen molar-refractivity contribution >= 4 is 45.9 Å². The van der Waals surface area contributed by atoms with E-state index in [1.165, 1.54) is 18.9 Å². The second-order valence-electron chi connectivity index (χ2n) is 7.93. The lowest BCUT2D eigenvalue weighted by Gasteiger charge is -2.17. The molecule has 0 atom stereocenters. The molecule has 180 valence electrons. The molecule has 0 unspecified atom stereocenters. The highest BCUT2D eigenvalue weighted by atomic mass is 32.2. The summed E-state index contributed by atoms with van der Waals surface area (Å²) in [7, 11) is 3.07. The second kappa shape index (κ2) is 11.3. The topological polar surface area (TPSA) is 81.5 Å².